The number of hydrogen-bond donors (Lipinski definition) is 0. The zero-order valence-corrected chi connectivity index (χ0v) is 30.5. The molecule has 3 aliphatic rings. The van der Waals surface area contributed by atoms with Gasteiger partial charge in [-0.15, -0.1) is 11.5 Å². The van der Waals surface area contributed by atoms with Gasteiger partial charge in [0.2, 0.25) is 0 Å². The van der Waals surface area contributed by atoms with Gasteiger partial charge in [-0.05, 0) is 37.5 Å². The smallest absolute Gasteiger partial charge is 0.319 e. The number of sulfone groups is 3. The first-order valence-electron chi connectivity index (χ1n) is 16.2. The van der Waals surface area contributed by atoms with E-state index in [1.165, 1.54) is 18.2 Å². The Hall–Kier alpha value is -4.12. The van der Waals surface area contributed by atoms with Crippen LogP contribution in [0, 0.1) is 0 Å². The summed E-state index contributed by atoms with van der Waals surface area (Å²) in [6.45, 7) is 5.34. The van der Waals surface area contributed by atoms with Crippen LogP contribution >= 0.6 is 11.5 Å². The molecule has 17 heteroatoms. The molecule has 3 aromatic carbocycles. The van der Waals surface area contributed by atoms with Gasteiger partial charge in [-0.1, -0.05) is 57.2 Å². The van der Waals surface area contributed by atoms with Crippen LogP contribution in [0.5, 0.6) is 0 Å². The number of aliphatic imine (C=N–C) groups is 2. The van der Waals surface area contributed by atoms with Gasteiger partial charge in [0.1, 0.15) is 22.6 Å². The molecule has 2 aromatic heterocycles. The van der Waals surface area contributed by atoms with E-state index in [0.29, 0.717) is 41.0 Å². The van der Waals surface area contributed by atoms with E-state index in [1.54, 1.807) is 66.1 Å². The highest BCUT2D eigenvalue weighted by atomic mass is 35.5. The maximum atomic E-state index is 13.8. The molecule has 8 rings (SSSR count). The topological polar surface area (TPSA) is 162 Å². The second-order valence-corrected chi connectivity index (χ2v) is 19.1. The van der Waals surface area contributed by atoms with E-state index in [2.05, 4.69) is 0 Å². The Balaban J connectivity index is 1.63. The number of amidine groups is 2. The Morgan fingerprint density at radius 1 is 0.580 bits per heavy atom. The van der Waals surface area contributed by atoms with E-state index in [-0.39, 0.29) is 77.2 Å². The van der Waals surface area contributed by atoms with Crippen molar-refractivity contribution in [3.05, 3.63) is 76.7 Å². The maximum Gasteiger partial charge on any atom is 0.499 e. The molecule has 0 atom stereocenters. The van der Waals surface area contributed by atoms with E-state index >= 15 is 0 Å². The summed E-state index contributed by atoms with van der Waals surface area (Å²) < 4.78 is 85.5. The summed E-state index contributed by atoms with van der Waals surface area (Å²) in [4.78, 5) is 19.9. The monoisotopic (exact) mass is 748 g/mol. The SMILES string of the molecule is CCCS(=O)(=O)c1cccc2c1C1=Nc3c4cccc(S(=O)(=O)CCC)c4c4n3B(Cl)n3c(c5cccc(S(=O)(=O)CCC)c5c3=N4)=NC2=N1. The van der Waals surface area contributed by atoms with Crippen molar-refractivity contribution in [3.63, 3.8) is 0 Å². The molecule has 0 saturated heterocycles. The highest BCUT2D eigenvalue weighted by molar-refractivity contribution is 7.92. The summed E-state index contributed by atoms with van der Waals surface area (Å²) >= 11 is 7.40. The van der Waals surface area contributed by atoms with Crippen LogP contribution in [-0.4, -0.2) is 69.5 Å². The predicted octanol–water partition coefficient (Wildman–Crippen LogP) is 4.50. The van der Waals surface area contributed by atoms with Gasteiger partial charge in [-0.25, -0.2) is 45.2 Å². The third kappa shape index (κ3) is 4.64. The second-order valence-electron chi connectivity index (χ2n) is 12.4. The zero-order chi connectivity index (χ0) is 35.3. The van der Waals surface area contributed by atoms with Crippen molar-refractivity contribution in [1.82, 2.24) is 8.96 Å². The van der Waals surface area contributed by atoms with Crippen LogP contribution in [0.15, 0.2) is 89.3 Å². The van der Waals surface area contributed by atoms with Crippen LogP contribution in [0.25, 0.3) is 21.5 Å². The summed E-state index contributed by atoms with van der Waals surface area (Å²) in [5, 5.41) is 1.41. The van der Waals surface area contributed by atoms with E-state index in [1.807, 2.05) is 0 Å². The molecule has 0 aliphatic carbocycles. The number of nitrogens with zero attached hydrogens (tertiary/aromatic N) is 6. The minimum atomic E-state index is -3.82. The summed E-state index contributed by atoms with van der Waals surface area (Å²) in [7, 11) is -11.4. The molecular weight excluding hydrogens is 719 g/mol. The molecule has 0 saturated carbocycles. The number of fused-ring (bicyclic) bond motifs is 10. The highest BCUT2D eigenvalue weighted by Gasteiger charge is 2.39. The van der Waals surface area contributed by atoms with Crippen LogP contribution < -0.4 is 11.0 Å². The van der Waals surface area contributed by atoms with Gasteiger partial charge in [0, 0.05) is 32.7 Å². The third-order valence-corrected chi connectivity index (χ3v) is 15.3. The number of benzene rings is 3. The molecule has 0 amide bonds. The molecule has 12 nitrogen and oxygen atoms in total. The standard InChI is InChI=1S/C33H30BClN6O6S3/c1-4-16-48(42,43)22-13-7-10-19-25(22)29-36-28(19)37-30-20-11-8-14-23(49(44,45)17-5-2)26(20)32-39-33-27-21(31(38-29)41(33)34(35)40(30)32)12-9-15-24(27)50(46,47)18-6-3/h7-15H,4-6,16-18H2,1-3H3. The Labute approximate surface area is 293 Å². The molecule has 0 fully saturated rings. The lowest BCUT2D eigenvalue weighted by molar-refractivity contribution is 0.593. The Morgan fingerprint density at radius 2 is 1.14 bits per heavy atom. The van der Waals surface area contributed by atoms with Gasteiger partial charge in [0.25, 0.3) is 0 Å². The number of aromatic nitrogens is 2. The first kappa shape index (κ1) is 33.1. The molecule has 5 aromatic rings. The minimum Gasteiger partial charge on any atom is -0.319 e. The average Bonchev–Trinajstić information content (AvgIpc) is 3.69. The fourth-order valence-corrected chi connectivity index (χ4v) is 12.1. The lowest BCUT2D eigenvalue weighted by Crippen LogP contribution is -2.45. The van der Waals surface area contributed by atoms with Crippen LogP contribution in [0.2, 0.25) is 0 Å². The summed E-state index contributed by atoms with van der Waals surface area (Å²) in [5.41, 5.74) is 1.15. The fraction of sp³-hybridized carbons (Fsp3) is 0.273. The number of halogens is 1. The maximum absolute atomic E-state index is 13.8. The largest absolute Gasteiger partial charge is 0.499 e. The lowest BCUT2D eigenvalue weighted by atomic mass is 10.1. The fourth-order valence-electron chi connectivity index (χ4n) is 7.11. The van der Waals surface area contributed by atoms with Crippen molar-refractivity contribution in [2.75, 3.05) is 17.3 Å². The van der Waals surface area contributed by atoms with Gasteiger partial charge in [0.15, 0.2) is 41.2 Å². The summed E-state index contributed by atoms with van der Waals surface area (Å²) in [6.07, 6.45) is 0.0137. The van der Waals surface area contributed by atoms with Crippen LogP contribution in [0.1, 0.15) is 51.2 Å². The van der Waals surface area contributed by atoms with E-state index in [9.17, 15) is 25.3 Å². The highest BCUT2D eigenvalue weighted by Crippen LogP contribution is 2.44. The van der Waals surface area contributed by atoms with Gasteiger partial charge < -0.3 is 8.96 Å². The Morgan fingerprint density at radius 3 is 1.78 bits per heavy atom. The van der Waals surface area contributed by atoms with Crippen LogP contribution in [0.3, 0.4) is 0 Å². The summed E-state index contributed by atoms with van der Waals surface area (Å²) in [5.74, 6) is 0.306. The Bertz CT molecular complexity index is 2880. The first-order chi connectivity index (χ1) is 23.8. The molecule has 50 heavy (non-hydrogen) atoms. The Kier molecular flexibility index (Phi) is 7.57. The van der Waals surface area contributed by atoms with Crippen molar-refractivity contribution >= 4 is 92.2 Å². The van der Waals surface area contributed by atoms with E-state index in [4.69, 9.17) is 31.4 Å². The normalized spacial score (nSPS) is 15.1. The average molecular weight is 749 g/mol. The second kappa shape index (κ2) is 11.5. The first-order valence-corrected chi connectivity index (χ1v) is 21.6. The zero-order valence-electron chi connectivity index (χ0n) is 27.3. The van der Waals surface area contributed by atoms with Gasteiger partial charge >= 0.3 is 6.40 Å². The summed E-state index contributed by atoms with van der Waals surface area (Å²) in [6, 6.07) is 14.6. The van der Waals surface area contributed by atoms with Crippen molar-refractivity contribution in [2.45, 2.75) is 54.7 Å². The van der Waals surface area contributed by atoms with Crippen molar-refractivity contribution < 1.29 is 25.3 Å². The molecule has 256 valence electrons. The predicted molar refractivity (Wildman–Crippen MR) is 194 cm³/mol. The minimum absolute atomic E-state index is 0.0322. The van der Waals surface area contributed by atoms with Crippen molar-refractivity contribution in [1.29, 1.82) is 0 Å². The molecule has 0 N–H and O–H groups in total. The lowest BCUT2D eigenvalue weighted by Gasteiger charge is -2.19. The molecule has 0 unspecified atom stereocenters. The van der Waals surface area contributed by atoms with Crippen molar-refractivity contribution in [3.8, 4) is 0 Å². The number of rotatable bonds is 9. The van der Waals surface area contributed by atoms with E-state index < -0.39 is 35.9 Å². The third-order valence-electron chi connectivity index (χ3n) is 9.08. The van der Waals surface area contributed by atoms with Gasteiger partial charge in [-0.3, -0.25) is 0 Å². The number of hydrogen-bond acceptors (Lipinski definition) is 10. The van der Waals surface area contributed by atoms with Crippen molar-refractivity contribution in [2.24, 2.45) is 20.0 Å². The molecule has 3 aliphatic heterocycles. The molecule has 0 spiro atoms. The van der Waals surface area contributed by atoms with Crippen LogP contribution in [-0.2, 0) is 29.5 Å². The van der Waals surface area contributed by atoms with Crippen LogP contribution in [0.4, 0.5) is 11.6 Å². The van der Waals surface area contributed by atoms with Gasteiger partial charge in [0.05, 0.1) is 31.9 Å². The quantitative estimate of drug-likeness (QED) is 0.202. The molecule has 5 heterocycles. The van der Waals surface area contributed by atoms with E-state index in [0.717, 1.165) is 0 Å². The molecule has 0 radical (unpaired) electrons. The molecule has 4 bridgehead atoms. The molecular formula is C33H30BClN6O6S3. The van der Waals surface area contributed by atoms with Gasteiger partial charge in [-0.2, -0.15) is 0 Å².